The van der Waals surface area contributed by atoms with Gasteiger partial charge in [0.15, 0.2) is 0 Å². The predicted molar refractivity (Wildman–Crippen MR) is 172 cm³/mol. The van der Waals surface area contributed by atoms with Gasteiger partial charge in [-0.2, -0.15) is 0 Å². The highest BCUT2D eigenvalue weighted by Crippen LogP contribution is 2.31. The molecule has 1 saturated carbocycles. The fourth-order valence-electron chi connectivity index (χ4n) is 5.42. The Kier molecular flexibility index (Phi) is 11.4. The van der Waals surface area contributed by atoms with Crippen molar-refractivity contribution in [3.8, 4) is 5.75 Å². The maximum absolute atomic E-state index is 14.2. The van der Waals surface area contributed by atoms with Crippen LogP contribution in [0.25, 0.3) is 0 Å². The van der Waals surface area contributed by atoms with E-state index in [1.54, 1.807) is 36.4 Å². The van der Waals surface area contributed by atoms with Gasteiger partial charge in [0.2, 0.25) is 11.8 Å². The fraction of sp³-hybridized carbons (Fsp3) is 0.394. The van der Waals surface area contributed by atoms with Crippen LogP contribution in [0.15, 0.2) is 76.1 Å². The zero-order chi connectivity index (χ0) is 31.9. The lowest BCUT2D eigenvalue weighted by molar-refractivity contribution is -0.140. The van der Waals surface area contributed by atoms with E-state index in [1.165, 1.54) is 42.3 Å². The van der Waals surface area contributed by atoms with E-state index in [1.807, 2.05) is 13.8 Å². The first-order chi connectivity index (χ1) is 21.0. The Bertz CT molecular complexity index is 1540. The van der Waals surface area contributed by atoms with Gasteiger partial charge in [-0.1, -0.05) is 56.0 Å². The lowest BCUT2D eigenvalue weighted by atomic mass is 9.95. The van der Waals surface area contributed by atoms with E-state index in [0.717, 1.165) is 42.0 Å². The molecular formula is C33H39BrFN3O5S. The number of hydrogen-bond donors (Lipinski definition) is 1. The maximum atomic E-state index is 14.2. The van der Waals surface area contributed by atoms with Crippen molar-refractivity contribution in [1.29, 1.82) is 0 Å². The Hall–Kier alpha value is -3.44. The van der Waals surface area contributed by atoms with Gasteiger partial charge in [-0.3, -0.25) is 13.9 Å². The van der Waals surface area contributed by atoms with Crippen molar-refractivity contribution in [1.82, 2.24) is 10.2 Å². The Labute approximate surface area is 267 Å². The van der Waals surface area contributed by atoms with Crippen LogP contribution in [0.5, 0.6) is 5.75 Å². The van der Waals surface area contributed by atoms with Crippen molar-refractivity contribution in [3.05, 3.63) is 88.1 Å². The molecule has 1 N–H and O–H groups in total. The summed E-state index contributed by atoms with van der Waals surface area (Å²) in [4.78, 5) is 29.2. The van der Waals surface area contributed by atoms with Crippen molar-refractivity contribution in [2.45, 2.75) is 75.9 Å². The second kappa shape index (κ2) is 15.0. The zero-order valence-electron chi connectivity index (χ0n) is 25.3. The minimum atomic E-state index is -4.25. The van der Waals surface area contributed by atoms with Gasteiger partial charge >= 0.3 is 0 Å². The Morgan fingerprint density at radius 2 is 1.68 bits per heavy atom. The average molecular weight is 689 g/mol. The molecule has 8 nitrogen and oxygen atoms in total. The molecule has 1 atom stereocenters. The van der Waals surface area contributed by atoms with E-state index in [0.29, 0.717) is 27.9 Å². The molecule has 3 aromatic carbocycles. The smallest absolute Gasteiger partial charge is 0.264 e. The molecule has 1 fully saturated rings. The van der Waals surface area contributed by atoms with Gasteiger partial charge in [0, 0.05) is 12.6 Å². The summed E-state index contributed by atoms with van der Waals surface area (Å²) in [6.45, 7) is 3.16. The van der Waals surface area contributed by atoms with Crippen LogP contribution in [-0.2, 0) is 26.2 Å². The third kappa shape index (κ3) is 8.18. The molecule has 0 radical (unpaired) electrons. The molecule has 3 aromatic rings. The molecule has 0 unspecified atom stereocenters. The molecular weight excluding hydrogens is 649 g/mol. The summed E-state index contributed by atoms with van der Waals surface area (Å²) in [6, 6.07) is 16.1. The number of methoxy groups -OCH3 is 1. The number of benzene rings is 3. The van der Waals surface area contributed by atoms with Crippen LogP contribution in [0.2, 0.25) is 0 Å². The molecule has 0 bridgehead atoms. The molecule has 0 aromatic heterocycles. The van der Waals surface area contributed by atoms with Gasteiger partial charge in [0.1, 0.15) is 24.2 Å². The molecule has 1 aliphatic rings. The summed E-state index contributed by atoms with van der Waals surface area (Å²) in [5, 5.41) is 3.12. The van der Waals surface area contributed by atoms with Gasteiger partial charge in [-0.05, 0) is 90.1 Å². The van der Waals surface area contributed by atoms with Crippen molar-refractivity contribution >= 4 is 43.5 Å². The molecule has 1 aliphatic carbocycles. The van der Waals surface area contributed by atoms with Crippen LogP contribution in [0.3, 0.4) is 0 Å². The third-order valence-corrected chi connectivity index (χ3v) is 10.3. The molecule has 0 heterocycles. The van der Waals surface area contributed by atoms with E-state index >= 15 is 0 Å². The number of rotatable bonds is 12. The van der Waals surface area contributed by atoms with Crippen LogP contribution < -0.4 is 14.4 Å². The summed E-state index contributed by atoms with van der Waals surface area (Å²) in [7, 11) is -2.76. The number of carbonyl (C=O) groups excluding carboxylic acids is 2. The van der Waals surface area contributed by atoms with E-state index in [9.17, 15) is 22.4 Å². The van der Waals surface area contributed by atoms with Gasteiger partial charge in [-0.25, -0.2) is 12.8 Å². The summed E-state index contributed by atoms with van der Waals surface area (Å²) in [5.41, 5.74) is 1.85. The monoisotopic (exact) mass is 687 g/mol. The molecule has 11 heteroatoms. The topological polar surface area (TPSA) is 96.0 Å². The minimum absolute atomic E-state index is 0.00553. The first-order valence-electron chi connectivity index (χ1n) is 14.8. The van der Waals surface area contributed by atoms with E-state index in [4.69, 9.17) is 4.74 Å². The number of nitrogens with zero attached hydrogens (tertiary/aromatic N) is 2. The highest BCUT2D eigenvalue weighted by molar-refractivity contribution is 9.10. The van der Waals surface area contributed by atoms with Gasteiger partial charge in [-0.15, -0.1) is 0 Å². The highest BCUT2D eigenvalue weighted by Gasteiger charge is 2.34. The number of carbonyl (C=O) groups is 2. The number of hydrogen-bond acceptors (Lipinski definition) is 5. The molecule has 0 aliphatic heterocycles. The lowest BCUT2D eigenvalue weighted by Crippen LogP contribution is -2.54. The normalized spacial score (nSPS) is 14.5. The Morgan fingerprint density at radius 3 is 2.27 bits per heavy atom. The molecule has 4 rings (SSSR count). The summed E-state index contributed by atoms with van der Waals surface area (Å²) in [5.74, 6) is -0.798. The van der Waals surface area contributed by atoms with Crippen molar-refractivity contribution in [2.24, 2.45) is 0 Å². The minimum Gasteiger partial charge on any atom is -0.496 e. The number of halogens is 2. The van der Waals surface area contributed by atoms with Gasteiger partial charge in [0.25, 0.3) is 10.0 Å². The molecule has 0 saturated heterocycles. The summed E-state index contributed by atoms with van der Waals surface area (Å²) in [6.07, 6.45) is 5.27. The molecule has 236 valence electrons. The maximum Gasteiger partial charge on any atom is 0.264 e. The quantitative estimate of drug-likeness (QED) is 0.239. The van der Waals surface area contributed by atoms with Crippen molar-refractivity contribution < 1.29 is 27.1 Å². The number of nitrogens with one attached hydrogen (secondary N) is 1. The van der Waals surface area contributed by atoms with Crippen molar-refractivity contribution in [3.63, 3.8) is 0 Å². The highest BCUT2D eigenvalue weighted by atomic mass is 79.9. The molecule has 2 amide bonds. The van der Waals surface area contributed by atoms with Crippen molar-refractivity contribution in [2.75, 3.05) is 18.0 Å². The second-order valence-corrected chi connectivity index (χ2v) is 13.8. The summed E-state index contributed by atoms with van der Waals surface area (Å²) >= 11 is 3.36. The zero-order valence-corrected chi connectivity index (χ0v) is 27.7. The van der Waals surface area contributed by atoms with Crippen LogP contribution in [0.4, 0.5) is 10.1 Å². The number of sulfonamides is 1. The van der Waals surface area contributed by atoms with Crippen LogP contribution in [-0.4, -0.2) is 50.9 Å². The van der Waals surface area contributed by atoms with Crippen LogP contribution >= 0.6 is 15.9 Å². The number of aryl methyl sites for hydroxylation is 1. The largest absolute Gasteiger partial charge is 0.496 e. The first kappa shape index (κ1) is 33.5. The fourth-order valence-corrected chi connectivity index (χ4v) is 7.56. The molecule has 0 spiro atoms. The summed E-state index contributed by atoms with van der Waals surface area (Å²) < 4.78 is 48.8. The van der Waals surface area contributed by atoms with Crippen LogP contribution in [0, 0.1) is 12.7 Å². The van der Waals surface area contributed by atoms with E-state index in [-0.39, 0.29) is 23.4 Å². The second-order valence-electron chi connectivity index (χ2n) is 11.1. The Morgan fingerprint density at radius 1 is 1.02 bits per heavy atom. The SMILES string of the molecule is CC[C@@H](C(=O)NC1CCCCC1)N(Cc1ccc(F)cc1)C(=O)CN(c1ccc(C)cc1)S(=O)(=O)c1ccc(OC)c(Br)c1. The van der Waals surface area contributed by atoms with Gasteiger partial charge < -0.3 is 15.0 Å². The number of ether oxygens (including phenoxy) is 1. The lowest BCUT2D eigenvalue weighted by Gasteiger charge is -2.34. The average Bonchev–Trinajstić information content (AvgIpc) is 3.01. The van der Waals surface area contributed by atoms with E-state index < -0.39 is 34.3 Å². The first-order valence-corrected chi connectivity index (χ1v) is 17.0. The van der Waals surface area contributed by atoms with E-state index in [2.05, 4.69) is 21.2 Å². The van der Waals surface area contributed by atoms with Crippen LogP contribution in [0.1, 0.15) is 56.6 Å². The van der Waals surface area contributed by atoms with Gasteiger partial charge in [0.05, 0.1) is 22.2 Å². The number of amides is 2. The predicted octanol–water partition coefficient (Wildman–Crippen LogP) is 6.36. The Balaban J connectivity index is 1.71. The third-order valence-electron chi connectivity index (χ3n) is 7.92. The molecule has 44 heavy (non-hydrogen) atoms. The number of anilines is 1. The standard InChI is InChI=1S/C33H39BrFN3O5S/c1-4-30(33(40)36-26-8-6-5-7-9-26)37(21-24-12-14-25(35)15-13-24)32(39)22-38(27-16-10-23(2)11-17-27)44(41,42)28-18-19-31(43-3)29(34)20-28/h10-20,26,30H,4-9,21-22H2,1-3H3,(H,36,40)/t30-/m0/s1.